The third kappa shape index (κ3) is 3.38. The summed E-state index contributed by atoms with van der Waals surface area (Å²) in [5.74, 6) is -0.604. The van der Waals surface area contributed by atoms with Crippen LogP contribution < -0.4 is 4.74 Å². The lowest BCUT2D eigenvalue weighted by atomic mass is 10.0. The number of carboxylic acids is 1. The number of halogens is 2. The zero-order chi connectivity index (χ0) is 13.0. The fourth-order valence-corrected chi connectivity index (χ4v) is 2.12. The van der Waals surface area contributed by atoms with E-state index in [0.717, 1.165) is 6.08 Å². The topological polar surface area (TPSA) is 46.5 Å². The SMILES string of the molecule is CC/C(=C\C(=O)O)c1cc(Cl)c(OC)c(Cl)c1. The second-order valence-corrected chi connectivity index (χ2v) is 4.15. The summed E-state index contributed by atoms with van der Waals surface area (Å²) in [6, 6.07) is 3.29. The monoisotopic (exact) mass is 274 g/mol. The molecule has 0 aliphatic heterocycles. The van der Waals surface area contributed by atoms with Gasteiger partial charge in [-0.25, -0.2) is 4.79 Å². The molecule has 1 N–H and O–H groups in total. The van der Waals surface area contributed by atoms with Gasteiger partial charge in [-0.15, -0.1) is 0 Å². The molecule has 0 heterocycles. The van der Waals surface area contributed by atoms with Crippen molar-refractivity contribution in [1.29, 1.82) is 0 Å². The first-order valence-electron chi connectivity index (χ1n) is 4.96. The summed E-state index contributed by atoms with van der Waals surface area (Å²) in [4.78, 5) is 10.7. The minimum atomic E-state index is -0.995. The molecule has 92 valence electrons. The lowest BCUT2D eigenvalue weighted by Crippen LogP contribution is -1.93. The van der Waals surface area contributed by atoms with Gasteiger partial charge < -0.3 is 9.84 Å². The lowest BCUT2D eigenvalue weighted by Gasteiger charge is -2.10. The highest BCUT2D eigenvalue weighted by Gasteiger charge is 2.11. The molecule has 1 rings (SSSR count). The van der Waals surface area contributed by atoms with E-state index in [-0.39, 0.29) is 0 Å². The number of aliphatic carboxylic acids is 1. The number of allylic oxidation sites excluding steroid dienone is 1. The van der Waals surface area contributed by atoms with Gasteiger partial charge in [0.15, 0.2) is 5.75 Å². The smallest absolute Gasteiger partial charge is 0.328 e. The number of carboxylic acid groups (broad SMARTS) is 1. The predicted octanol–water partition coefficient (Wildman–Crippen LogP) is 3.88. The Morgan fingerprint density at radius 2 is 1.94 bits per heavy atom. The van der Waals surface area contributed by atoms with Crippen LogP contribution in [-0.4, -0.2) is 18.2 Å². The van der Waals surface area contributed by atoms with E-state index >= 15 is 0 Å². The zero-order valence-electron chi connectivity index (χ0n) is 9.46. The van der Waals surface area contributed by atoms with Gasteiger partial charge in [-0.05, 0) is 29.7 Å². The molecule has 1 aromatic rings. The van der Waals surface area contributed by atoms with Crippen LogP contribution >= 0.6 is 23.2 Å². The Morgan fingerprint density at radius 3 is 2.29 bits per heavy atom. The molecular weight excluding hydrogens is 263 g/mol. The van der Waals surface area contributed by atoms with Gasteiger partial charge in [0.05, 0.1) is 17.2 Å². The van der Waals surface area contributed by atoms with Crippen LogP contribution in [0.2, 0.25) is 10.0 Å². The van der Waals surface area contributed by atoms with Gasteiger partial charge in [0.2, 0.25) is 0 Å². The molecular formula is C12H12Cl2O3. The number of carbonyl (C=O) groups is 1. The largest absolute Gasteiger partial charge is 0.494 e. The third-order valence-corrected chi connectivity index (χ3v) is 2.81. The van der Waals surface area contributed by atoms with Crippen molar-refractivity contribution in [3.8, 4) is 5.75 Å². The van der Waals surface area contributed by atoms with E-state index in [1.54, 1.807) is 12.1 Å². The molecule has 0 bridgehead atoms. The first kappa shape index (κ1) is 13.9. The molecule has 0 unspecified atom stereocenters. The summed E-state index contributed by atoms with van der Waals surface area (Å²) in [5.41, 5.74) is 1.34. The van der Waals surface area contributed by atoms with Gasteiger partial charge in [0.25, 0.3) is 0 Å². The van der Waals surface area contributed by atoms with E-state index in [0.29, 0.717) is 33.4 Å². The third-order valence-electron chi connectivity index (χ3n) is 2.25. The summed E-state index contributed by atoms with van der Waals surface area (Å²) in [6.07, 6.45) is 1.72. The van der Waals surface area contributed by atoms with E-state index in [9.17, 15) is 4.79 Å². The van der Waals surface area contributed by atoms with Crippen molar-refractivity contribution in [3.05, 3.63) is 33.8 Å². The van der Waals surface area contributed by atoms with Gasteiger partial charge in [-0.3, -0.25) is 0 Å². The number of hydrogen-bond acceptors (Lipinski definition) is 2. The van der Waals surface area contributed by atoms with Crippen LogP contribution in [0, 0.1) is 0 Å². The maximum atomic E-state index is 10.7. The van der Waals surface area contributed by atoms with Gasteiger partial charge in [-0.2, -0.15) is 0 Å². The van der Waals surface area contributed by atoms with Crippen LogP contribution in [0.4, 0.5) is 0 Å². The standard InChI is InChI=1S/C12H12Cl2O3/c1-3-7(6-11(15)16)8-4-9(13)12(17-2)10(14)5-8/h4-6H,3H2,1-2H3,(H,15,16)/b7-6+. The molecule has 5 heteroatoms. The number of ether oxygens (including phenoxy) is 1. The first-order chi connectivity index (χ1) is 7.99. The van der Waals surface area contributed by atoms with Crippen molar-refractivity contribution in [2.45, 2.75) is 13.3 Å². The molecule has 0 aromatic heterocycles. The minimum Gasteiger partial charge on any atom is -0.494 e. The quantitative estimate of drug-likeness (QED) is 0.848. The molecule has 0 atom stereocenters. The molecule has 3 nitrogen and oxygen atoms in total. The van der Waals surface area contributed by atoms with E-state index in [1.165, 1.54) is 7.11 Å². The Hall–Kier alpha value is -1.19. The second-order valence-electron chi connectivity index (χ2n) is 3.33. The highest BCUT2D eigenvalue weighted by Crippen LogP contribution is 2.36. The maximum Gasteiger partial charge on any atom is 0.328 e. The normalized spacial score (nSPS) is 11.4. The number of rotatable bonds is 4. The maximum absolute atomic E-state index is 10.7. The molecule has 1 aromatic carbocycles. The second kappa shape index (κ2) is 5.94. The van der Waals surface area contributed by atoms with Gasteiger partial charge >= 0.3 is 5.97 Å². The fourth-order valence-electron chi connectivity index (χ4n) is 1.48. The summed E-state index contributed by atoms with van der Waals surface area (Å²) in [5, 5.41) is 9.47. The van der Waals surface area contributed by atoms with Crippen molar-refractivity contribution in [1.82, 2.24) is 0 Å². The van der Waals surface area contributed by atoms with Gasteiger partial charge in [-0.1, -0.05) is 30.1 Å². The Balaban J connectivity index is 3.28. The minimum absolute atomic E-state index is 0.361. The molecule has 0 saturated heterocycles. The predicted molar refractivity (Wildman–Crippen MR) is 68.9 cm³/mol. The molecule has 0 aliphatic rings. The Bertz CT molecular complexity index is 444. The highest BCUT2D eigenvalue weighted by molar-refractivity contribution is 6.37. The molecule has 0 radical (unpaired) electrons. The van der Waals surface area contributed by atoms with Gasteiger partial charge in [0.1, 0.15) is 0 Å². The summed E-state index contributed by atoms with van der Waals surface area (Å²) in [6.45, 7) is 1.86. The summed E-state index contributed by atoms with van der Waals surface area (Å²) in [7, 11) is 1.47. The molecule has 0 amide bonds. The molecule has 0 spiro atoms. The lowest BCUT2D eigenvalue weighted by molar-refractivity contribution is -0.131. The number of hydrogen-bond donors (Lipinski definition) is 1. The van der Waals surface area contributed by atoms with Crippen LogP contribution in [0.5, 0.6) is 5.75 Å². The Labute approximate surface area is 110 Å². The van der Waals surface area contributed by atoms with Crippen molar-refractivity contribution in [2.24, 2.45) is 0 Å². The summed E-state index contributed by atoms with van der Waals surface area (Å²) >= 11 is 12.0. The first-order valence-corrected chi connectivity index (χ1v) is 5.72. The van der Waals surface area contributed by atoms with Crippen molar-refractivity contribution in [3.63, 3.8) is 0 Å². The van der Waals surface area contributed by atoms with E-state index in [1.807, 2.05) is 6.92 Å². The van der Waals surface area contributed by atoms with Crippen LogP contribution in [0.15, 0.2) is 18.2 Å². The van der Waals surface area contributed by atoms with E-state index in [2.05, 4.69) is 0 Å². The van der Waals surface area contributed by atoms with Crippen molar-refractivity contribution >= 4 is 34.7 Å². The Morgan fingerprint density at radius 1 is 1.41 bits per heavy atom. The highest BCUT2D eigenvalue weighted by atomic mass is 35.5. The van der Waals surface area contributed by atoms with Crippen molar-refractivity contribution in [2.75, 3.05) is 7.11 Å². The Kier molecular flexibility index (Phi) is 4.85. The van der Waals surface area contributed by atoms with Crippen LogP contribution in [0.1, 0.15) is 18.9 Å². The van der Waals surface area contributed by atoms with E-state index in [4.69, 9.17) is 33.0 Å². The average molecular weight is 275 g/mol. The van der Waals surface area contributed by atoms with E-state index < -0.39 is 5.97 Å². The van der Waals surface area contributed by atoms with Gasteiger partial charge in [0, 0.05) is 6.08 Å². The molecule has 0 aliphatic carbocycles. The molecule has 17 heavy (non-hydrogen) atoms. The summed E-state index contributed by atoms with van der Waals surface area (Å²) < 4.78 is 5.03. The number of methoxy groups -OCH3 is 1. The van der Waals surface area contributed by atoms with Crippen LogP contribution in [-0.2, 0) is 4.79 Å². The van der Waals surface area contributed by atoms with Crippen molar-refractivity contribution < 1.29 is 14.6 Å². The van der Waals surface area contributed by atoms with Crippen LogP contribution in [0.3, 0.4) is 0 Å². The molecule has 0 fully saturated rings. The molecule has 0 saturated carbocycles. The van der Waals surface area contributed by atoms with Crippen LogP contribution in [0.25, 0.3) is 5.57 Å². The average Bonchev–Trinajstić information content (AvgIpc) is 2.25. The number of benzene rings is 1. The zero-order valence-corrected chi connectivity index (χ0v) is 11.0. The fraction of sp³-hybridized carbons (Fsp3) is 0.250.